The molecule has 2 aromatic carbocycles. The lowest BCUT2D eigenvalue weighted by Crippen LogP contribution is -2.02. The van der Waals surface area contributed by atoms with Crippen LogP contribution in [0.1, 0.15) is 18.1 Å². The highest BCUT2D eigenvalue weighted by atomic mass is 32.2. The first kappa shape index (κ1) is 19.4. The van der Waals surface area contributed by atoms with E-state index in [0.717, 1.165) is 11.8 Å². The molecule has 0 aliphatic rings. The fourth-order valence-corrected chi connectivity index (χ4v) is 3.05. The van der Waals surface area contributed by atoms with Gasteiger partial charge in [-0.3, -0.25) is 10.1 Å². The average molecular weight is 378 g/mol. The lowest BCUT2D eigenvalue weighted by atomic mass is 10.2. The lowest BCUT2D eigenvalue weighted by molar-refractivity contribution is -0.385. The Morgan fingerprint density at radius 1 is 1.23 bits per heavy atom. The molecule has 0 aliphatic carbocycles. The SMILES string of the molecule is CCOc1cc(/C=N\S(=O)(=O)c2ccc(C)cc2)cc([N+](=O)[O-])c1OC. The maximum Gasteiger partial charge on any atom is 0.315 e. The fourth-order valence-electron chi connectivity index (χ4n) is 2.19. The molecule has 0 N–H and O–H groups in total. The molecule has 0 radical (unpaired) electrons. The first-order chi connectivity index (χ1) is 12.3. The van der Waals surface area contributed by atoms with Crippen molar-refractivity contribution in [3.05, 3.63) is 57.6 Å². The summed E-state index contributed by atoms with van der Waals surface area (Å²) in [6.07, 6.45) is 1.05. The molecule has 9 heteroatoms. The Morgan fingerprint density at radius 3 is 2.42 bits per heavy atom. The second-order valence-electron chi connectivity index (χ2n) is 5.28. The zero-order valence-corrected chi connectivity index (χ0v) is 15.3. The third-order valence-corrected chi connectivity index (χ3v) is 4.67. The van der Waals surface area contributed by atoms with E-state index in [0.29, 0.717) is 0 Å². The normalized spacial score (nSPS) is 11.5. The van der Waals surface area contributed by atoms with Crippen molar-refractivity contribution in [2.45, 2.75) is 18.7 Å². The second-order valence-corrected chi connectivity index (χ2v) is 6.92. The minimum Gasteiger partial charge on any atom is -0.490 e. The Labute approximate surface area is 151 Å². The molecule has 26 heavy (non-hydrogen) atoms. The van der Waals surface area contributed by atoms with Gasteiger partial charge in [-0.25, -0.2) is 0 Å². The molecule has 138 valence electrons. The molecule has 0 saturated carbocycles. The molecule has 0 atom stereocenters. The van der Waals surface area contributed by atoms with E-state index in [9.17, 15) is 18.5 Å². The van der Waals surface area contributed by atoms with Gasteiger partial charge in [-0.1, -0.05) is 17.7 Å². The first-order valence-electron chi connectivity index (χ1n) is 7.64. The van der Waals surface area contributed by atoms with Crippen LogP contribution in [0.3, 0.4) is 0 Å². The van der Waals surface area contributed by atoms with Gasteiger partial charge in [0.2, 0.25) is 5.75 Å². The zero-order chi connectivity index (χ0) is 19.3. The summed E-state index contributed by atoms with van der Waals surface area (Å²) in [5.41, 5.74) is 0.782. The van der Waals surface area contributed by atoms with E-state index in [4.69, 9.17) is 9.47 Å². The molecule has 0 spiro atoms. The van der Waals surface area contributed by atoms with Crippen molar-refractivity contribution in [2.24, 2.45) is 4.40 Å². The Balaban J connectivity index is 2.46. The third-order valence-electron chi connectivity index (χ3n) is 3.42. The quantitative estimate of drug-likeness (QED) is 0.416. The van der Waals surface area contributed by atoms with Gasteiger partial charge in [-0.15, -0.1) is 0 Å². The highest BCUT2D eigenvalue weighted by Gasteiger charge is 2.22. The Bertz CT molecular complexity index is 936. The van der Waals surface area contributed by atoms with Crippen LogP contribution in [-0.4, -0.2) is 33.3 Å². The van der Waals surface area contributed by atoms with Gasteiger partial charge in [-0.2, -0.15) is 12.8 Å². The number of ether oxygens (including phenoxy) is 2. The van der Waals surface area contributed by atoms with Crippen molar-refractivity contribution in [3.8, 4) is 11.5 Å². The minimum absolute atomic E-state index is 0.0320. The average Bonchev–Trinajstić information content (AvgIpc) is 2.60. The summed E-state index contributed by atoms with van der Waals surface area (Å²) in [6, 6.07) is 8.83. The van der Waals surface area contributed by atoms with Crippen LogP contribution in [0, 0.1) is 17.0 Å². The van der Waals surface area contributed by atoms with Gasteiger partial charge in [0.25, 0.3) is 10.0 Å². The van der Waals surface area contributed by atoms with E-state index in [1.807, 2.05) is 6.92 Å². The molecule has 8 nitrogen and oxygen atoms in total. The maximum absolute atomic E-state index is 12.3. The topological polar surface area (TPSA) is 108 Å². The van der Waals surface area contributed by atoms with Crippen molar-refractivity contribution in [1.82, 2.24) is 0 Å². The molecule has 0 saturated heterocycles. The zero-order valence-electron chi connectivity index (χ0n) is 14.5. The van der Waals surface area contributed by atoms with Gasteiger partial charge in [0, 0.05) is 17.8 Å². The van der Waals surface area contributed by atoms with Crippen LogP contribution >= 0.6 is 0 Å². The van der Waals surface area contributed by atoms with Crippen LogP contribution in [-0.2, 0) is 10.0 Å². The van der Waals surface area contributed by atoms with E-state index in [1.54, 1.807) is 19.1 Å². The molecule has 0 unspecified atom stereocenters. The van der Waals surface area contributed by atoms with Gasteiger partial charge in [0.05, 0.1) is 23.5 Å². The number of nitrogens with zero attached hydrogens (tertiary/aromatic N) is 2. The molecule has 0 fully saturated rings. The van der Waals surface area contributed by atoms with Gasteiger partial charge in [0.1, 0.15) is 0 Å². The molecule has 0 bridgehead atoms. The van der Waals surface area contributed by atoms with Crippen LogP contribution in [0.2, 0.25) is 0 Å². The van der Waals surface area contributed by atoms with Gasteiger partial charge in [0.15, 0.2) is 5.75 Å². The van der Waals surface area contributed by atoms with Crippen LogP contribution < -0.4 is 9.47 Å². The van der Waals surface area contributed by atoms with Gasteiger partial charge >= 0.3 is 5.69 Å². The van der Waals surface area contributed by atoms with Crippen molar-refractivity contribution in [3.63, 3.8) is 0 Å². The highest BCUT2D eigenvalue weighted by Crippen LogP contribution is 2.37. The lowest BCUT2D eigenvalue weighted by Gasteiger charge is -2.10. The summed E-state index contributed by atoms with van der Waals surface area (Å²) < 4.78 is 38.6. The largest absolute Gasteiger partial charge is 0.490 e. The molecule has 0 aromatic heterocycles. The number of nitro benzene ring substituents is 1. The molecule has 0 amide bonds. The van der Waals surface area contributed by atoms with Crippen molar-refractivity contribution in [2.75, 3.05) is 13.7 Å². The summed E-state index contributed by atoms with van der Waals surface area (Å²) in [6.45, 7) is 3.81. The summed E-state index contributed by atoms with van der Waals surface area (Å²) >= 11 is 0. The smallest absolute Gasteiger partial charge is 0.315 e. The summed E-state index contributed by atoms with van der Waals surface area (Å²) in [4.78, 5) is 10.7. The number of hydrogen-bond acceptors (Lipinski definition) is 6. The minimum atomic E-state index is -3.92. The summed E-state index contributed by atoms with van der Waals surface area (Å²) in [5, 5.41) is 11.3. The second kappa shape index (κ2) is 7.96. The Hall–Kier alpha value is -2.94. The predicted molar refractivity (Wildman–Crippen MR) is 96.8 cm³/mol. The van der Waals surface area contributed by atoms with E-state index in [1.165, 1.54) is 31.4 Å². The number of hydrogen-bond donors (Lipinski definition) is 0. The molecule has 0 aliphatic heterocycles. The van der Waals surface area contributed by atoms with Crippen LogP contribution in [0.5, 0.6) is 11.5 Å². The highest BCUT2D eigenvalue weighted by molar-refractivity contribution is 7.90. The van der Waals surface area contributed by atoms with Gasteiger partial charge < -0.3 is 9.47 Å². The van der Waals surface area contributed by atoms with Crippen LogP contribution in [0.25, 0.3) is 0 Å². The molecular formula is C17H18N2O6S. The van der Waals surface area contributed by atoms with Crippen molar-refractivity contribution < 1.29 is 22.8 Å². The van der Waals surface area contributed by atoms with E-state index in [-0.39, 0.29) is 34.3 Å². The fraction of sp³-hybridized carbons (Fsp3) is 0.235. The monoisotopic (exact) mass is 378 g/mol. The summed E-state index contributed by atoms with van der Waals surface area (Å²) in [7, 11) is -2.63. The van der Waals surface area contributed by atoms with E-state index < -0.39 is 14.9 Å². The van der Waals surface area contributed by atoms with E-state index in [2.05, 4.69) is 4.40 Å². The number of rotatable bonds is 7. The third kappa shape index (κ3) is 4.37. The molecular weight excluding hydrogens is 360 g/mol. The molecule has 2 rings (SSSR count). The van der Waals surface area contributed by atoms with E-state index >= 15 is 0 Å². The number of sulfonamides is 1. The first-order valence-corrected chi connectivity index (χ1v) is 9.08. The maximum atomic E-state index is 12.3. The Morgan fingerprint density at radius 2 is 1.88 bits per heavy atom. The predicted octanol–water partition coefficient (Wildman–Crippen LogP) is 3.12. The molecule has 2 aromatic rings. The van der Waals surface area contributed by atoms with Crippen molar-refractivity contribution >= 4 is 21.9 Å². The number of benzene rings is 2. The number of nitro groups is 1. The van der Waals surface area contributed by atoms with Crippen molar-refractivity contribution in [1.29, 1.82) is 0 Å². The standard InChI is InChI=1S/C17H18N2O6S/c1-4-25-16-10-13(9-15(19(20)21)17(16)24-3)11-18-26(22,23)14-7-5-12(2)6-8-14/h5-11H,4H2,1-3H3/b18-11-. The summed E-state index contributed by atoms with van der Waals surface area (Å²) in [5.74, 6) is 0.105. The molecule has 0 heterocycles. The van der Waals surface area contributed by atoms with Crippen LogP contribution in [0.4, 0.5) is 5.69 Å². The van der Waals surface area contributed by atoms with Gasteiger partial charge in [-0.05, 0) is 32.0 Å². The van der Waals surface area contributed by atoms with Crippen LogP contribution in [0.15, 0.2) is 45.7 Å². The number of methoxy groups -OCH3 is 1. The Kier molecular flexibility index (Phi) is 5.93. The number of aryl methyl sites for hydroxylation is 1.